The number of thiophene rings is 1. The minimum atomic E-state index is -4.23. The summed E-state index contributed by atoms with van der Waals surface area (Å²) in [6.07, 6.45) is 3.57. The molecule has 1 fully saturated rings. The van der Waals surface area contributed by atoms with Gasteiger partial charge in [-0.25, -0.2) is 8.42 Å². The van der Waals surface area contributed by atoms with Crippen LogP contribution in [0.3, 0.4) is 0 Å². The molecule has 5 rings (SSSR count). The molecule has 50 heavy (non-hydrogen) atoms. The summed E-state index contributed by atoms with van der Waals surface area (Å²) in [7, 11) is -2.81. The molecule has 3 aromatic rings. The van der Waals surface area contributed by atoms with Crippen LogP contribution in [0, 0.1) is 5.92 Å². The Morgan fingerprint density at radius 3 is 2.62 bits per heavy atom. The molecular formula is C35H44N6O7S2. The Balaban J connectivity index is 1.35. The summed E-state index contributed by atoms with van der Waals surface area (Å²) in [5.41, 5.74) is 14.3. The highest BCUT2D eigenvalue weighted by Gasteiger charge is 2.30. The lowest BCUT2D eigenvalue weighted by Crippen LogP contribution is -2.39. The maximum Gasteiger partial charge on any atom is 0.305 e. The number of ketones is 1. The van der Waals surface area contributed by atoms with Crippen LogP contribution in [0.25, 0.3) is 11.1 Å². The van der Waals surface area contributed by atoms with Gasteiger partial charge in [-0.3, -0.25) is 29.0 Å². The lowest BCUT2D eigenvalue weighted by molar-refractivity contribution is -0.142. The van der Waals surface area contributed by atoms with Gasteiger partial charge in [0.2, 0.25) is 0 Å². The lowest BCUT2D eigenvalue weighted by atomic mass is 9.92. The maximum atomic E-state index is 14.1. The van der Waals surface area contributed by atoms with E-state index < -0.39 is 22.0 Å². The van der Waals surface area contributed by atoms with E-state index in [-0.39, 0.29) is 33.2 Å². The van der Waals surface area contributed by atoms with Crippen molar-refractivity contribution in [2.75, 3.05) is 38.1 Å². The molecule has 13 nitrogen and oxygen atoms in total. The summed E-state index contributed by atoms with van der Waals surface area (Å²) in [6.45, 7) is 4.41. The smallest absolute Gasteiger partial charge is 0.305 e. The number of hydrogen-bond acceptors (Lipinski definition) is 10. The summed E-state index contributed by atoms with van der Waals surface area (Å²) < 4.78 is 41.4. The van der Waals surface area contributed by atoms with Crippen LogP contribution in [0.2, 0.25) is 0 Å². The first kappa shape index (κ1) is 36.8. The first-order valence-corrected chi connectivity index (χ1v) is 19.0. The van der Waals surface area contributed by atoms with Crippen molar-refractivity contribution in [3.8, 4) is 16.9 Å². The SMILES string of the molecule is COC(=O)CC1CCN(Cc2ccccc2-c2cc3c(c(S(=O)(=O)Nc4ccsc4C(=O)NC(CCCN=C(N)N)C(C)=O)c2)OCC3)CC1. The molecule has 0 spiro atoms. The Labute approximate surface area is 296 Å². The lowest BCUT2D eigenvalue weighted by Gasteiger charge is -2.32. The minimum absolute atomic E-state index is 0.0140. The first-order chi connectivity index (χ1) is 23.9. The van der Waals surface area contributed by atoms with Gasteiger partial charge >= 0.3 is 5.97 Å². The molecule has 2 aliphatic heterocycles. The van der Waals surface area contributed by atoms with E-state index in [1.54, 1.807) is 11.4 Å². The molecule has 6 N–H and O–H groups in total. The number of aliphatic imine (C=N–C) groups is 1. The van der Waals surface area contributed by atoms with Gasteiger partial charge in [-0.1, -0.05) is 24.3 Å². The van der Waals surface area contributed by atoms with Crippen molar-refractivity contribution in [1.82, 2.24) is 10.2 Å². The first-order valence-electron chi connectivity index (χ1n) is 16.6. The number of fused-ring (bicyclic) bond motifs is 1. The van der Waals surface area contributed by atoms with Gasteiger partial charge in [0, 0.05) is 25.9 Å². The average molecular weight is 725 g/mol. The van der Waals surface area contributed by atoms with E-state index in [0.717, 1.165) is 59.5 Å². The highest BCUT2D eigenvalue weighted by atomic mass is 32.2. The summed E-state index contributed by atoms with van der Waals surface area (Å²) in [6, 6.07) is 12.3. The third kappa shape index (κ3) is 9.20. The predicted molar refractivity (Wildman–Crippen MR) is 193 cm³/mol. The number of methoxy groups -OCH3 is 1. The van der Waals surface area contributed by atoms with E-state index in [1.807, 2.05) is 24.3 Å². The summed E-state index contributed by atoms with van der Waals surface area (Å²) in [5, 5.41) is 4.34. The van der Waals surface area contributed by atoms with Crippen molar-refractivity contribution in [1.29, 1.82) is 0 Å². The van der Waals surface area contributed by atoms with Crippen molar-refractivity contribution in [3.05, 3.63) is 63.8 Å². The second-order valence-corrected chi connectivity index (χ2v) is 15.1. The van der Waals surface area contributed by atoms with Crippen molar-refractivity contribution in [2.24, 2.45) is 22.4 Å². The number of rotatable bonds is 15. The second-order valence-electron chi connectivity index (χ2n) is 12.6. The number of esters is 1. The van der Waals surface area contributed by atoms with Gasteiger partial charge in [-0.05, 0) is 97.4 Å². The number of guanidine groups is 1. The molecule has 0 aliphatic carbocycles. The Morgan fingerprint density at radius 2 is 1.90 bits per heavy atom. The molecule has 2 aliphatic rings. The van der Waals surface area contributed by atoms with Gasteiger partial charge in [0.15, 0.2) is 11.7 Å². The standard InChI is InChI=1S/C35H44N6O7S2/c1-22(42)28(8-5-13-38-35(36)37)39-34(44)33-29(12-17-49-33)40-50(45,46)30-20-26(19-24-11-16-48-32(24)30)27-7-4-3-6-25(27)21-41-14-9-23(10-15-41)18-31(43)47-2/h3-4,6-7,12,17,19-20,23,28,40H,5,8-11,13-16,18,21H2,1-2H3,(H,39,44)(H4,36,37,38). The number of amides is 1. The van der Waals surface area contributed by atoms with Gasteiger partial charge in [-0.15, -0.1) is 11.3 Å². The van der Waals surface area contributed by atoms with Crippen LogP contribution < -0.4 is 26.2 Å². The Morgan fingerprint density at radius 1 is 1.14 bits per heavy atom. The number of carbonyl (C=O) groups excluding carboxylic acids is 3. The molecule has 0 bridgehead atoms. The topological polar surface area (TPSA) is 196 Å². The number of likely N-dealkylation sites (tertiary alicyclic amines) is 1. The van der Waals surface area contributed by atoms with E-state index in [0.29, 0.717) is 57.0 Å². The van der Waals surface area contributed by atoms with Crippen LogP contribution in [0.5, 0.6) is 5.75 Å². The summed E-state index contributed by atoms with van der Waals surface area (Å²) >= 11 is 1.06. The molecule has 1 saturated heterocycles. The molecule has 3 heterocycles. The van der Waals surface area contributed by atoms with Crippen molar-refractivity contribution >= 4 is 50.7 Å². The zero-order valence-corrected chi connectivity index (χ0v) is 29.9. The Bertz CT molecular complexity index is 1850. The zero-order valence-electron chi connectivity index (χ0n) is 28.3. The zero-order chi connectivity index (χ0) is 35.8. The molecule has 1 unspecified atom stereocenters. The number of anilines is 1. The maximum absolute atomic E-state index is 14.1. The number of Topliss-reactive ketones (excluding diaryl/α,β-unsaturated/α-hetero) is 1. The monoisotopic (exact) mass is 724 g/mol. The number of benzene rings is 2. The largest absolute Gasteiger partial charge is 0.492 e. The fourth-order valence-electron chi connectivity index (χ4n) is 6.35. The average Bonchev–Trinajstić information content (AvgIpc) is 3.76. The molecule has 2 aromatic carbocycles. The Kier molecular flexibility index (Phi) is 12.1. The number of nitrogens with one attached hydrogen (secondary N) is 2. The molecule has 15 heteroatoms. The van der Waals surface area contributed by atoms with Crippen LogP contribution >= 0.6 is 11.3 Å². The van der Waals surface area contributed by atoms with E-state index >= 15 is 0 Å². The number of hydrogen-bond donors (Lipinski definition) is 4. The van der Waals surface area contributed by atoms with Crippen molar-refractivity contribution in [2.45, 2.75) is 62.9 Å². The van der Waals surface area contributed by atoms with E-state index in [9.17, 15) is 22.8 Å². The van der Waals surface area contributed by atoms with Crippen molar-refractivity contribution < 1.29 is 32.3 Å². The van der Waals surface area contributed by atoms with Crippen LogP contribution in [-0.4, -0.2) is 76.3 Å². The third-order valence-corrected chi connectivity index (χ3v) is 11.3. The molecule has 1 aromatic heterocycles. The van der Waals surface area contributed by atoms with Gasteiger partial charge < -0.3 is 26.3 Å². The van der Waals surface area contributed by atoms with Crippen LogP contribution in [0.1, 0.15) is 59.8 Å². The number of nitrogens with zero attached hydrogens (tertiary/aromatic N) is 2. The Hall–Kier alpha value is -4.47. The highest BCUT2D eigenvalue weighted by molar-refractivity contribution is 7.92. The molecule has 1 amide bonds. The van der Waals surface area contributed by atoms with Crippen LogP contribution in [0.15, 0.2) is 57.7 Å². The van der Waals surface area contributed by atoms with Crippen LogP contribution in [-0.2, 0) is 37.3 Å². The fourth-order valence-corrected chi connectivity index (χ4v) is 8.45. The van der Waals surface area contributed by atoms with Gasteiger partial charge in [-0.2, -0.15) is 0 Å². The minimum Gasteiger partial charge on any atom is -0.492 e. The normalized spacial score (nSPS) is 15.4. The highest BCUT2D eigenvalue weighted by Crippen LogP contribution is 2.40. The van der Waals surface area contributed by atoms with Crippen molar-refractivity contribution in [3.63, 3.8) is 0 Å². The number of carbonyl (C=O) groups is 3. The van der Waals surface area contributed by atoms with Gasteiger partial charge in [0.05, 0.1) is 25.4 Å². The quantitative estimate of drug-likeness (QED) is 0.0777. The number of sulfonamides is 1. The number of ether oxygens (including phenoxy) is 2. The number of nitrogens with two attached hydrogens (primary N) is 2. The molecule has 0 saturated carbocycles. The van der Waals surface area contributed by atoms with E-state index in [2.05, 4.69) is 26.0 Å². The predicted octanol–water partition coefficient (Wildman–Crippen LogP) is 3.67. The second kappa shape index (κ2) is 16.5. The third-order valence-electron chi connectivity index (χ3n) is 9.01. The molecule has 1 atom stereocenters. The van der Waals surface area contributed by atoms with E-state index in [1.165, 1.54) is 20.1 Å². The summed E-state index contributed by atoms with van der Waals surface area (Å²) in [5.74, 6) is -0.446. The molecule has 268 valence electrons. The fraction of sp³-hybridized carbons (Fsp3) is 0.429. The summed E-state index contributed by atoms with van der Waals surface area (Å²) in [4.78, 5) is 43.7. The number of piperidine rings is 1. The van der Waals surface area contributed by atoms with Gasteiger partial charge in [0.25, 0.3) is 15.9 Å². The molecule has 0 radical (unpaired) electrons. The van der Waals surface area contributed by atoms with Crippen LogP contribution in [0.4, 0.5) is 5.69 Å². The van der Waals surface area contributed by atoms with E-state index in [4.69, 9.17) is 20.9 Å². The molecular weight excluding hydrogens is 681 g/mol. The van der Waals surface area contributed by atoms with Gasteiger partial charge in [0.1, 0.15) is 15.5 Å².